The van der Waals surface area contributed by atoms with Crippen molar-refractivity contribution in [2.24, 2.45) is 0 Å². The molecule has 0 aliphatic carbocycles. The van der Waals surface area contributed by atoms with Gasteiger partial charge in [-0.2, -0.15) is 0 Å². The molecule has 0 bridgehead atoms. The molecular formula is C19H17ClN2O2S2. The minimum Gasteiger partial charge on any atom is -0.493 e. The van der Waals surface area contributed by atoms with Gasteiger partial charge in [0.15, 0.2) is 5.13 Å². The lowest BCUT2D eigenvalue weighted by Gasteiger charge is -2.07. The maximum Gasteiger partial charge on any atom is 0.236 e. The number of aromatic nitrogens is 1. The monoisotopic (exact) mass is 404 g/mol. The summed E-state index contributed by atoms with van der Waals surface area (Å²) in [6.07, 6.45) is 0. The molecule has 0 aliphatic heterocycles. The van der Waals surface area contributed by atoms with E-state index in [1.54, 1.807) is 0 Å². The number of anilines is 1. The largest absolute Gasteiger partial charge is 0.493 e. The number of ether oxygens (including phenoxy) is 1. The fourth-order valence-electron chi connectivity index (χ4n) is 2.25. The molecule has 1 amide bonds. The van der Waals surface area contributed by atoms with Gasteiger partial charge in [0.25, 0.3) is 0 Å². The van der Waals surface area contributed by atoms with Crippen molar-refractivity contribution in [2.75, 3.05) is 17.7 Å². The molecule has 3 rings (SSSR count). The van der Waals surface area contributed by atoms with Gasteiger partial charge in [-0.1, -0.05) is 23.7 Å². The normalized spacial score (nSPS) is 10.5. The van der Waals surface area contributed by atoms with Crippen molar-refractivity contribution in [3.63, 3.8) is 0 Å². The van der Waals surface area contributed by atoms with Gasteiger partial charge in [0.1, 0.15) is 5.75 Å². The van der Waals surface area contributed by atoms with E-state index < -0.39 is 0 Å². The molecule has 0 saturated heterocycles. The zero-order valence-electron chi connectivity index (χ0n) is 14.1. The standard InChI is InChI=1S/C19H17ClN2O2S2/c1-2-24-17-6-4-3-5-15(17)16-11-26-19(21-16)22-18(23)12-25-14-9-7-13(20)8-10-14/h3-11H,2,12H2,1H3,(H,21,22,23). The van der Waals surface area contributed by atoms with Crippen LogP contribution in [0.25, 0.3) is 11.3 Å². The van der Waals surface area contributed by atoms with E-state index in [0.29, 0.717) is 22.5 Å². The van der Waals surface area contributed by atoms with Gasteiger partial charge in [-0.15, -0.1) is 23.1 Å². The average molecular weight is 405 g/mol. The van der Waals surface area contributed by atoms with Crippen LogP contribution in [0.1, 0.15) is 6.92 Å². The lowest BCUT2D eigenvalue weighted by atomic mass is 10.1. The van der Waals surface area contributed by atoms with E-state index in [9.17, 15) is 4.79 Å². The molecule has 0 aliphatic rings. The number of benzene rings is 2. The van der Waals surface area contributed by atoms with Crippen LogP contribution in [0.3, 0.4) is 0 Å². The van der Waals surface area contributed by atoms with E-state index in [0.717, 1.165) is 21.9 Å². The first-order valence-corrected chi connectivity index (χ1v) is 10.3. The minimum atomic E-state index is -0.0936. The topological polar surface area (TPSA) is 51.2 Å². The van der Waals surface area contributed by atoms with E-state index in [1.807, 2.05) is 60.8 Å². The lowest BCUT2D eigenvalue weighted by molar-refractivity contribution is -0.113. The van der Waals surface area contributed by atoms with Crippen LogP contribution in [0.15, 0.2) is 58.8 Å². The highest BCUT2D eigenvalue weighted by atomic mass is 35.5. The first kappa shape index (κ1) is 18.8. The van der Waals surface area contributed by atoms with E-state index in [-0.39, 0.29) is 5.91 Å². The number of thioether (sulfide) groups is 1. The van der Waals surface area contributed by atoms with Crippen molar-refractivity contribution in [3.05, 3.63) is 58.9 Å². The summed E-state index contributed by atoms with van der Waals surface area (Å²) in [6.45, 7) is 2.54. The van der Waals surface area contributed by atoms with Crippen LogP contribution in [-0.2, 0) is 4.79 Å². The molecule has 1 N–H and O–H groups in total. The number of hydrogen-bond acceptors (Lipinski definition) is 5. The summed E-state index contributed by atoms with van der Waals surface area (Å²) in [7, 11) is 0. The number of halogens is 1. The molecule has 0 radical (unpaired) electrons. The molecule has 7 heteroatoms. The van der Waals surface area contributed by atoms with Crippen molar-refractivity contribution in [3.8, 4) is 17.0 Å². The number of nitrogens with one attached hydrogen (secondary N) is 1. The van der Waals surface area contributed by atoms with Crippen molar-refractivity contribution in [1.82, 2.24) is 4.98 Å². The van der Waals surface area contributed by atoms with Gasteiger partial charge in [-0.05, 0) is 43.3 Å². The molecule has 0 saturated carbocycles. The molecule has 26 heavy (non-hydrogen) atoms. The van der Waals surface area contributed by atoms with Gasteiger partial charge < -0.3 is 10.1 Å². The van der Waals surface area contributed by atoms with Gasteiger partial charge in [-0.25, -0.2) is 4.98 Å². The summed E-state index contributed by atoms with van der Waals surface area (Å²) in [4.78, 5) is 17.7. The molecule has 2 aromatic carbocycles. The van der Waals surface area contributed by atoms with Gasteiger partial charge in [-0.3, -0.25) is 4.79 Å². The Labute approximate surface area is 165 Å². The van der Waals surface area contributed by atoms with Crippen molar-refractivity contribution < 1.29 is 9.53 Å². The smallest absolute Gasteiger partial charge is 0.236 e. The Morgan fingerprint density at radius 3 is 2.77 bits per heavy atom. The average Bonchev–Trinajstić information content (AvgIpc) is 3.10. The number of nitrogens with zero attached hydrogens (tertiary/aromatic N) is 1. The second-order valence-corrected chi connectivity index (χ2v) is 7.60. The highest BCUT2D eigenvalue weighted by Crippen LogP contribution is 2.32. The molecule has 0 unspecified atom stereocenters. The zero-order chi connectivity index (χ0) is 18.4. The third-order valence-corrected chi connectivity index (χ3v) is 5.42. The summed E-state index contributed by atoms with van der Waals surface area (Å²) in [5.41, 5.74) is 1.71. The van der Waals surface area contributed by atoms with Crippen LogP contribution in [0.4, 0.5) is 5.13 Å². The van der Waals surface area contributed by atoms with E-state index in [1.165, 1.54) is 23.1 Å². The fourth-order valence-corrected chi connectivity index (χ4v) is 3.80. The molecule has 134 valence electrons. The molecule has 1 aromatic heterocycles. The Bertz CT molecular complexity index is 881. The number of carbonyl (C=O) groups excluding carboxylic acids is 1. The maximum absolute atomic E-state index is 12.2. The lowest BCUT2D eigenvalue weighted by Crippen LogP contribution is -2.13. The van der Waals surface area contributed by atoms with E-state index in [2.05, 4.69) is 10.3 Å². The number of carbonyl (C=O) groups is 1. The summed E-state index contributed by atoms with van der Waals surface area (Å²) in [6, 6.07) is 15.2. The Morgan fingerprint density at radius 1 is 1.23 bits per heavy atom. The number of hydrogen-bond donors (Lipinski definition) is 1. The highest BCUT2D eigenvalue weighted by molar-refractivity contribution is 8.00. The molecule has 3 aromatic rings. The van der Waals surface area contributed by atoms with Crippen LogP contribution in [0.2, 0.25) is 5.02 Å². The molecule has 1 heterocycles. The highest BCUT2D eigenvalue weighted by Gasteiger charge is 2.12. The number of thiazole rings is 1. The summed E-state index contributed by atoms with van der Waals surface area (Å²) in [5.74, 6) is 1.01. The van der Waals surface area contributed by atoms with Crippen molar-refractivity contribution in [2.45, 2.75) is 11.8 Å². The van der Waals surface area contributed by atoms with Crippen LogP contribution in [-0.4, -0.2) is 23.3 Å². The number of amides is 1. The molecular weight excluding hydrogens is 388 g/mol. The Kier molecular flexibility index (Phi) is 6.55. The van der Waals surface area contributed by atoms with Crippen molar-refractivity contribution >= 4 is 45.7 Å². The third kappa shape index (κ3) is 5.00. The molecule has 0 fully saturated rings. The molecule has 0 spiro atoms. The zero-order valence-corrected chi connectivity index (χ0v) is 16.5. The summed E-state index contributed by atoms with van der Waals surface area (Å²) >= 11 is 8.71. The van der Waals surface area contributed by atoms with Gasteiger partial charge in [0, 0.05) is 20.9 Å². The molecule has 4 nitrogen and oxygen atoms in total. The molecule has 0 atom stereocenters. The van der Waals surface area contributed by atoms with Crippen LogP contribution < -0.4 is 10.1 Å². The number of rotatable bonds is 7. The SMILES string of the molecule is CCOc1ccccc1-c1csc(NC(=O)CSc2ccc(Cl)cc2)n1. The first-order valence-electron chi connectivity index (χ1n) is 8.01. The minimum absolute atomic E-state index is 0.0936. The Balaban J connectivity index is 1.61. The van der Waals surface area contributed by atoms with Gasteiger partial charge in [0.2, 0.25) is 5.91 Å². The predicted octanol–water partition coefficient (Wildman–Crippen LogP) is 5.59. The summed E-state index contributed by atoms with van der Waals surface area (Å²) in [5, 5.41) is 6.02. The quantitative estimate of drug-likeness (QED) is 0.521. The van der Waals surface area contributed by atoms with Gasteiger partial charge >= 0.3 is 0 Å². The Morgan fingerprint density at radius 2 is 2.00 bits per heavy atom. The van der Waals surface area contributed by atoms with Crippen LogP contribution >= 0.6 is 34.7 Å². The van der Waals surface area contributed by atoms with Crippen molar-refractivity contribution in [1.29, 1.82) is 0 Å². The second-order valence-electron chi connectivity index (χ2n) is 5.26. The maximum atomic E-state index is 12.2. The number of para-hydroxylation sites is 1. The predicted molar refractivity (Wildman–Crippen MR) is 110 cm³/mol. The fraction of sp³-hybridized carbons (Fsp3) is 0.158. The van der Waals surface area contributed by atoms with Gasteiger partial charge in [0.05, 0.1) is 18.1 Å². The summed E-state index contributed by atoms with van der Waals surface area (Å²) < 4.78 is 5.64. The van der Waals surface area contributed by atoms with E-state index in [4.69, 9.17) is 16.3 Å². The van der Waals surface area contributed by atoms with Crippen LogP contribution in [0.5, 0.6) is 5.75 Å². The van der Waals surface area contributed by atoms with E-state index >= 15 is 0 Å². The third-order valence-electron chi connectivity index (χ3n) is 3.40. The Hall–Kier alpha value is -2.02. The second kappa shape index (κ2) is 9.07. The first-order chi connectivity index (χ1) is 12.7. The van der Waals surface area contributed by atoms with Crippen LogP contribution in [0, 0.1) is 0 Å².